The molecule has 3 rings (SSSR count). The lowest BCUT2D eigenvalue weighted by Crippen LogP contribution is -2.38. The molecule has 3 atom stereocenters. The lowest BCUT2D eigenvalue weighted by Gasteiger charge is -2.17. The number of methoxy groups -OCH3 is 3. The summed E-state index contributed by atoms with van der Waals surface area (Å²) in [5, 5.41) is 2.80. The SMILES string of the molecule is COC(=O)[C@H](NC(=O)C1CN1Cc1cc(OC)cc(OC)c1)c1ccccc1. The van der Waals surface area contributed by atoms with Gasteiger partial charge in [-0.15, -0.1) is 0 Å². The largest absolute Gasteiger partial charge is 0.497 e. The number of carbonyl (C=O) groups is 2. The van der Waals surface area contributed by atoms with Gasteiger partial charge < -0.3 is 19.5 Å². The molecular formula is C21H24N2O5. The Bertz CT molecular complexity index is 818. The average molecular weight is 384 g/mol. The Morgan fingerprint density at radius 2 is 1.71 bits per heavy atom. The van der Waals surface area contributed by atoms with Crippen molar-refractivity contribution in [3.8, 4) is 11.5 Å². The molecule has 1 saturated heterocycles. The smallest absolute Gasteiger partial charge is 0.333 e. The zero-order valence-electron chi connectivity index (χ0n) is 16.2. The molecule has 148 valence electrons. The second-order valence-corrected chi connectivity index (χ2v) is 6.54. The Morgan fingerprint density at radius 3 is 2.29 bits per heavy atom. The third-order valence-corrected chi connectivity index (χ3v) is 4.67. The van der Waals surface area contributed by atoms with Crippen molar-refractivity contribution in [2.45, 2.75) is 18.6 Å². The van der Waals surface area contributed by atoms with Gasteiger partial charge in [-0.2, -0.15) is 0 Å². The third-order valence-electron chi connectivity index (χ3n) is 4.67. The van der Waals surface area contributed by atoms with Crippen molar-refractivity contribution in [3.05, 3.63) is 59.7 Å². The summed E-state index contributed by atoms with van der Waals surface area (Å²) in [5.74, 6) is 0.706. The molecule has 7 nitrogen and oxygen atoms in total. The fraction of sp³-hybridized carbons (Fsp3) is 0.333. The van der Waals surface area contributed by atoms with Crippen molar-refractivity contribution in [2.75, 3.05) is 27.9 Å². The zero-order valence-corrected chi connectivity index (χ0v) is 16.2. The molecule has 1 aliphatic rings. The van der Waals surface area contributed by atoms with E-state index in [-0.39, 0.29) is 11.9 Å². The molecule has 2 aromatic carbocycles. The number of esters is 1. The van der Waals surface area contributed by atoms with Crippen LogP contribution in [0.3, 0.4) is 0 Å². The van der Waals surface area contributed by atoms with Gasteiger partial charge >= 0.3 is 5.97 Å². The van der Waals surface area contributed by atoms with E-state index in [2.05, 4.69) is 5.32 Å². The van der Waals surface area contributed by atoms with E-state index >= 15 is 0 Å². The molecule has 1 aliphatic heterocycles. The van der Waals surface area contributed by atoms with Crippen molar-refractivity contribution in [2.24, 2.45) is 0 Å². The van der Waals surface area contributed by atoms with Crippen LogP contribution in [0.25, 0.3) is 0 Å². The van der Waals surface area contributed by atoms with Crippen LogP contribution in [-0.4, -0.2) is 50.7 Å². The van der Waals surface area contributed by atoms with Gasteiger partial charge in [0.25, 0.3) is 0 Å². The number of nitrogens with zero attached hydrogens (tertiary/aromatic N) is 1. The summed E-state index contributed by atoms with van der Waals surface area (Å²) in [6.45, 7) is 1.20. The van der Waals surface area contributed by atoms with Crippen LogP contribution in [0.1, 0.15) is 17.2 Å². The van der Waals surface area contributed by atoms with Crippen LogP contribution in [-0.2, 0) is 20.9 Å². The maximum Gasteiger partial charge on any atom is 0.333 e. The highest BCUT2D eigenvalue weighted by Gasteiger charge is 2.41. The molecule has 0 radical (unpaired) electrons. The van der Waals surface area contributed by atoms with E-state index in [1.54, 1.807) is 32.4 Å². The number of ether oxygens (including phenoxy) is 3. The monoisotopic (exact) mass is 384 g/mol. The molecule has 0 spiro atoms. The van der Waals surface area contributed by atoms with Gasteiger partial charge in [0.05, 0.1) is 21.3 Å². The maximum absolute atomic E-state index is 12.6. The highest BCUT2D eigenvalue weighted by atomic mass is 16.5. The first kappa shape index (κ1) is 19.7. The van der Waals surface area contributed by atoms with E-state index < -0.39 is 12.0 Å². The number of carbonyl (C=O) groups excluding carboxylic acids is 2. The van der Waals surface area contributed by atoms with E-state index in [9.17, 15) is 9.59 Å². The normalized spacial score (nSPS) is 18.7. The number of hydrogen-bond acceptors (Lipinski definition) is 6. The molecular weight excluding hydrogens is 360 g/mol. The first-order chi connectivity index (χ1) is 13.5. The Kier molecular flexibility index (Phi) is 6.16. The van der Waals surface area contributed by atoms with E-state index in [4.69, 9.17) is 14.2 Å². The average Bonchev–Trinajstić information content (AvgIpc) is 3.50. The molecule has 0 aromatic heterocycles. The van der Waals surface area contributed by atoms with Gasteiger partial charge in [-0.1, -0.05) is 30.3 Å². The minimum Gasteiger partial charge on any atom is -0.497 e. The number of rotatable bonds is 8. The van der Waals surface area contributed by atoms with E-state index in [1.165, 1.54) is 7.11 Å². The molecule has 1 fully saturated rings. The summed E-state index contributed by atoms with van der Waals surface area (Å²) < 4.78 is 15.4. The van der Waals surface area contributed by atoms with Gasteiger partial charge in [-0.05, 0) is 23.3 Å². The van der Waals surface area contributed by atoms with Gasteiger partial charge in [0.1, 0.15) is 17.5 Å². The molecule has 1 heterocycles. The van der Waals surface area contributed by atoms with Crippen LogP contribution >= 0.6 is 0 Å². The van der Waals surface area contributed by atoms with Gasteiger partial charge in [0, 0.05) is 19.2 Å². The highest BCUT2D eigenvalue weighted by Crippen LogP contribution is 2.28. The van der Waals surface area contributed by atoms with Gasteiger partial charge in [-0.3, -0.25) is 9.69 Å². The molecule has 2 unspecified atom stereocenters. The molecule has 0 aliphatic carbocycles. The summed E-state index contributed by atoms with van der Waals surface area (Å²) in [6.07, 6.45) is 0. The Morgan fingerprint density at radius 1 is 1.07 bits per heavy atom. The highest BCUT2D eigenvalue weighted by molar-refractivity contribution is 5.90. The summed E-state index contributed by atoms with van der Waals surface area (Å²) in [5.41, 5.74) is 1.67. The van der Waals surface area contributed by atoms with E-state index in [1.807, 2.05) is 35.2 Å². The first-order valence-corrected chi connectivity index (χ1v) is 8.95. The standard InChI is InChI=1S/C21H24N2O5/c1-26-16-9-14(10-17(11-16)27-2)12-23-13-18(23)20(24)22-19(21(25)28-3)15-7-5-4-6-8-15/h4-11,18-19H,12-13H2,1-3H3,(H,22,24)/t18?,19-,23?/m1/s1. The van der Waals surface area contributed by atoms with Crippen molar-refractivity contribution in [1.82, 2.24) is 10.2 Å². The maximum atomic E-state index is 12.6. The Balaban J connectivity index is 1.64. The molecule has 28 heavy (non-hydrogen) atoms. The zero-order chi connectivity index (χ0) is 20.1. The van der Waals surface area contributed by atoms with E-state index in [0.29, 0.717) is 30.2 Å². The fourth-order valence-electron chi connectivity index (χ4n) is 3.07. The first-order valence-electron chi connectivity index (χ1n) is 8.95. The quantitative estimate of drug-likeness (QED) is 0.554. The minimum absolute atomic E-state index is 0.200. The topological polar surface area (TPSA) is 76.9 Å². The lowest BCUT2D eigenvalue weighted by atomic mass is 10.1. The minimum atomic E-state index is -0.821. The van der Waals surface area contributed by atoms with Crippen molar-refractivity contribution in [3.63, 3.8) is 0 Å². The Labute approximate surface area is 164 Å². The summed E-state index contributed by atoms with van der Waals surface area (Å²) in [4.78, 5) is 26.8. The summed E-state index contributed by atoms with van der Waals surface area (Å²) in [7, 11) is 4.51. The number of nitrogens with one attached hydrogen (secondary N) is 1. The molecule has 1 amide bonds. The van der Waals surface area contributed by atoms with Gasteiger partial charge in [-0.25, -0.2) is 4.79 Å². The van der Waals surface area contributed by atoms with Crippen molar-refractivity contribution >= 4 is 11.9 Å². The van der Waals surface area contributed by atoms with Crippen LogP contribution in [0, 0.1) is 0 Å². The second kappa shape index (κ2) is 8.75. The van der Waals surface area contributed by atoms with Crippen LogP contribution in [0.15, 0.2) is 48.5 Å². The number of amides is 1. The third kappa shape index (κ3) is 4.61. The fourth-order valence-corrected chi connectivity index (χ4v) is 3.07. The number of hydrogen-bond donors (Lipinski definition) is 1. The molecule has 0 saturated carbocycles. The predicted octanol–water partition coefficient (Wildman–Crippen LogP) is 1.92. The number of benzene rings is 2. The predicted molar refractivity (Wildman–Crippen MR) is 103 cm³/mol. The van der Waals surface area contributed by atoms with E-state index in [0.717, 1.165) is 5.56 Å². The van der Waals surface area contributed by atoms with Crippen LogP contribution in [0.5, 0.6) is 11.5 Å². The molecule has 7 heteroatoms. The second-order valence-electron chi connectivity index (χ2n) is 6.54. The van der Waals surface area contributed by atoms with Crippen LogP contribution < -0.4 is 14.8 Å². The Hall–Kier alpha value is -3.06. The van der Waals surface area contributed by atoms with Crippen LogP contribution in [0.2, 0.25) is 0 Å². The summed E-state index contributed by atoms with van der Waals surface area (Å²) >= 11 is 0. The molecule has 2 aromatic rings. The molecule has 1 N–H and O–H groups in total. The lowest BCUT2D eigenvalue weighted by molar-refractivity contribution is -0.145. The summed E-state index contributed by atoms with van der Waals surface area (Å²) in [6, 6.07) is 13.6. The van der Waals surface area contributed by atoms with Gasteiger partial charge in [0.15, 0.2) is 6.04 Å². The molecule has 0 bridgehead atoms. The van der Waals surface area contributed by atoms with Gasteiger partial charge in [0.2, 0.25) is 5.91 Å². The van der Waals surface area contributed by atoms with Crippen LogP contribution in [0.4, 0.5) is 0 Å². The van der Waals surface area contributed by atoms with Crippen molar-refractivity contribution in [1.29, 1.82) is 0 Å². The van der Waals surface area contributed by atoms with Crippen molar-refractivity contribution < 1.29 is 23.8 Å².